The minimum absolute atomic E-state index is 0.231. The number of nitrogens with two attached hydrogens (primary N) is 1. The third-order valence-electron chi connectivity index (χ3n) is 3.63. The van der Waals surface area contributed by atoms with E-state index in [-0.39, 0.29) is 11.2 Å². The monoisotopic (exact) mass is 217 g/mol. The molecule has 0 heterocycles. The second kappa shape index (κ2) is 3.70. The molecule has 16 heavy (non-hydrogen) atoms. The van der Waals surface area contributed by atoms with Crippen LogP contribution in [-0.4, -0.2) is 12.3 Å². The summed E-state index contributed by atoms with van der Waals surface area (Å²) in [6, 6.07) is 4.15. The highest BCUT2D eigenvalue weighted by atomic mass is 16.1. The van der Waals surface area contributed by atoms with Gasteiger partial charge in [-0.15, -0.1) is 0 Å². The SMILES string of the molecule is Cc1cc(C)c(C(=O)C2(CN)CC2)c(C)c1. The fraction of sp³-hybridized carbons (Fsp3) is 0.500. The lowest BCUT2D eigenvalue weighted by atomic mass is 9.88. The first-order valence-corrected chi connectivity index (χ1v) is 5.83. The van der Waals surface area contributed by atoms with Gasteiger partial charge in [0.25, 0.3) is 0 Å². The van der Waals surface area contributed by atoms with Crippen LogP contribution in [0.1, 0.15) is 39.9 Å². The molecule has 1 aliphatic carbocycles. The van der Waals surface area contributed by atoms with Crippen molar-refractivity contribution in [2.24, 2.45) is 11.1 Å². The molecule has 2 N–H and O–H groups in total. The third-order valence-corrected chi connectivity index (χ3v) is 3.63. The van der Waals surface area contributed by atoms with Crippen molar-refractivity contribution in [3.05, 3.63) is 34.4 Å². The second-order valence-corrected chi connectivity index (χ2v) is 5.09. The van der Waals surface area contributed by atoms with Gasteiger partial charge < -0.3 is 5.73 Å². The van der Waals surface area contributed by atoms with Gasteiger partial charge in [-0.25, -0.2) is 0 Å². The summed E-state index contributed by atoms with van der Waals surface area (Å²) >= 11 is 0. The molecule has 86 valence electrons. The van der Waals surface area contributed by atoms with Crippen molar-refractivity contribution in [2.75, 3.05) is 6.54 Å². The summed E-state index contributed by atoms with van der Waals surface area (Å²) in [5.74, 6) is 0.255. The molecule has 0 aliphatic heterocycles. The maximum atomic E-state index is 12.4. The summed E-state index contributed by atoms with van der Waals surface area (Å²) in [5, 5.41) is 0. The Bertz CT molecular complexity index is 421. The van der Waals surface area contributed by atoms with Crippen molar-refractivity contribution in [1.82, 2.24) is 0 Å². The molecule has 0 bridgehead atoms. The van der Waals surface area contributed by atoms with Crippen LogP contribution in [0.15, 0.2) is 12.1 Å². The molecule has 0 aromatic heterocycles. The van der Waals surface area contributed by atoms with Gasteiger partial charge >= 0.3 is 0 Å². The molecular formula is C14H19NO. The van der Waals surface area contributed by atoms with Crippen LogP contribution in [-0.2, 0) is 0 Å². The minimum Gasteiger partial charge on any atom is -0.329 e. The molecule has 0 radical (unpaired) electrons. The van der Waals surface area contributed by atoms with Crippen LogP contribution in [0.3, 0.4) is 0 Å². The van der Waals surface area contributed by atoms with E-state index in [0.717, 1.165) is 29.5 Å². The summed E-state index contributed by atoms with van der Waals surface area (Å²) in [6.07, 6.45) is 1.91. The Kier molecular flexibility index (Phi) is 2.62. The van der Waals surface area contributed by atoms with Gasteiger partial charge in [-0.1, -0.05) is 17.7 Å². The van der Waals surface area contributed by atoms with Crippen molar-refractivity contribution < 1.29 is 4.79 Å². The molecule has 1 aliphatic rings. The maximum absolute atomic E-state index is 12.4. The lowest BCUT2D eigenvalue weighted by Crippen LogP contribution is -2.26. The number of carbonyl (C=O) groups excluding carboxylic acids is 1. The largest absolute Gasteiger partial charge is 0.329 e. The number of rotatable bonds is 3. The van der Waals surface area contributed by atoms with Crippen molar-refractivity contribution in [3.8, 4) is 0 Å². The van der Waals surface area contributed by atoms with Crippen molar-refractivity contribution in [3.63, 3.8) is 0 Å². The van der Waals surface area contributed by atoms with Gasteiger partial charge in [0.05, 0.1) is 0 Å². The molecule has 1 fully saturated rings. The summed E-state index contributed by atoms with van der Waals surface area (Å²) in [6.45, 7) is 6.57. The smallest absolute Gasteiger partial charge is 0.170 e. The Morgan fingerprint density at radius 1 is 1.25 bits per heavy atom. The molecule has 2 rings (SSSR count). The van der Waals surface area contributed by atoms with Crippen LogP contribution in [0.5, 0.6) is 0 Å². The zero-order valence-electron chi connectivity index (χ0n) is 10.3. The topological polar surface area (TPSA) is 43.1 Å². The molecule has 2 nitrogen and oxygen atoms in total. The summed E-state index contributed by atoms with van der Waals surface area (Å²) < 4.78 is 0. The van der Waals surface area contributed by atoms with E-state index in [9.17, 15) is 4.79 Å². The highest BCUT2D eigenvalue weighted by Gasteiger charge is 2.49. The van der Waals surface area contributed by atoms with Crippen LogP contribution in [0.4, 0.5) is 0 Å². The predicted octanol–water partition coefficient (Wildman–Crippen LogP) is 2.53. The van der Waals surface area contributed by atoms with Crippen molar-refractivity contribution in [2.45, 2.75) is 33.6 Å². The van der Waals surface area contributed by atoms with Gasteiger partial charge in [-0.05, 0) is 44.7 Å². The molecule has 0 amide bonds. The standard InChI is InChI=1S/C14H19NO/c1-9-6-10(2)12(11(3)7-9)13(16)14(8-15)4-5-14/h6-7H,4-5,8,15H2,1-3H3. The van der Waals surface area contributed by atoms with E-state index in [1.807, 2.05) is 13.8 Å². The third kappa shape index (κ3) is 1.67. The van der Waals surface area contributed by atoms with Gasteiger partial charge in [-0.3, -0.25) is 4.79 Å². The van der Waals surface area contributed by atoms with E-state index in [4.69, 9.17) is 5.73 Å². The van der Waals surface area contributed by atoms with E-state index in [2.05, 4.69) is 19.1 Å². The highest BCUT2D eigenvalue weighted by Crippen LogP contribution is 2.48. The maximum Gasteiger partial charge on any atom is 0.170 e. The number of Topliss-reactive ketones (excluding diaryl/α,β-unsaturated/α-hetero) is 1. The first kappa shape index (κ1) is 11.3. The van der Waals surface area contributed by atoms with Gasteiger partial charge in [0.2, 0.25) is 0 Å². The second-order valence-electron chi connectivity index (χ2n) is 5.09. The normalized spacial score (nSPS) is 17.2. The van der Waals surface area contributed by atoms with Crippen molar-refractivity contribution >= 4 is 5.78 Å². The number of hydrogen-bond donors (Lipinski definition) is 1. The Balaban J connectivity index is 2.45. The highest BCUT2D eigenvalue weighted by molar-refractivity contribution is 6.04. The van der Waals surface area contributed by atoms with Gasteiger partial charge in [0.1, 0.15) is 0 Å². The van der Waals surface area contributed by atoms with Crippen LogP contribution in [0.25, 0.3) is 0 Å². The predicted molar refractivity (Wildman–Crippen MR) is 65.7 cm³/mol. The molecule has 0 atom stereocenters. The fourth-order valence-electron chi connectivity index (χ4n) is 2.48. The van der Waals surface area contributed by atoms with Gasteiger partial charge in [0.15, 0.2) is 5.78 Å². The van der Waals surface area contributed by atoms with E-state index < -0.39 is 0 Å². The summed E-state index contributed by atoms with van der Waals surface area (Å²) in [7, 11) is 0. The minimum atomic E-state index is -0.231. The first-order valence-electron chi connectivity index (χ1n) is 5.83. The Hall–Kier alpha value is -1.15. The fourth-order valence-corrected chi connectivity index (χ4v) is 2.48. The number of benzene rings is 1. The molecular weight excluding hydrogens is 198 g/mol. The molecule has 1 aromatic rings. The molecule has 0 unspecified atom stereocenters. The number of carbonyl (C=O) groups is 1. The molecule has 0 saturated heterocycles. The van der Waals surface area contributed by atoms with Crippen LogP contribution >= 0.6 is 0 Å². The zero-order valence-corrected chi connectivity index (χ0v) is 10.3. The average molecular weight is 217 g/mol. The van der Waals surface area contributed by atoms with Crippen LogP contribution in [0, 0.1) is 26.2 Å². The van der Waals surface area contributed by atoms with E-state index in [0.29, 0.717) is 6.54 Å². The van der Waals surface area contributed by atoms with Crippen LogP contribution in [0.2, 0.25) is 0 Å². The summed E-state index contributed by atoms with van der Waals surface area (Å²) in [4.78, 5) is 12.4. The quantitative estimate of drug-likeness (QED) is 0.791. The molecule has 1 saturated carbocycles. The molecule has 1 aromatic carbocycles. The Morgan fingerprint density at radius 2 is 1.75 bits per heavy atom. The zero-order chi connectivity index (χ0) is 11.9. The number of ketones is 1. The van der Waals surface area contributed by atoms with Gasteiger partial charge in [-0.2, -0.15) is 0 Å². The van der Waals surface area contributed by atoms with E-state index in [1.165, 1.54) is 5.56 Å². The Morgan fingerprint density at radius 3 is 2.12 bits per heavy atom. The van der Waals surface area contributed by atoms with E-state index in [1.54, 1.807) is 0 Å². The Labute approximate surface area is 96.8 Å². The number of hydrogen-bond acceptors (Lipinski definition) is 2. The van der Waals surface area contributed by atoms with E-state index >= 15 is 0 Å². The molecule has 0 spiro atoms. The van der Waals surface area contributed by atoms with Crippen molar-refractivity contribution in [1.29, 1.82) is 0 Å². The lowest BCUT2D eigenvalue weighted by Gasteiger charge is -2.16. The van der Waals surface area contributed by atoms with Gasteiger partial charge in [0, 0.05) is 17.5 Å². The van der Waals surface area contributed by atoms with Crippen LogP contribution < -0.4 is 5.73 Å². The first-order chi connectivity index (χ1) is 7.50. The summed E-state index contributed by atoms with van der Waals surface area (Å²) in [5.41, 5.74) is 9.76. The average Bonchev–Trinajstić information content (AvgIpc) is 2.96. The lowest BCUT2D eigenvalue weighted by molar-refractivity contribution is 0.0904. The molecule has 2 heteroatoms. The number of aryl methyl sites for hydroxylation is 3.